The summed E-state index contributed by atoms with van der Waals surface area (Å²) in [5.41, 5.74) is 1.07. The number of nitrogens with one attached hydrogen (secondary N) is 1. The van der Waals surface area contributed by atoms with Crippen LogP contribution in [0.3, 0.4) is 0 Å². The molecule has 122 valence electrons. The van der Waals surface area contributed by atoms with E-state index in [2.05, 4.69) is 16.8 Å². The van der Waals surface area contributed by atoms with Gasteiger partial charge in [0.2, 0.25) is 0 Å². The predicted molar refractivity (Wildman–Crippen MR) is 86.1 cm³/mol. The van der Waals surface area contributed by atoms with Gasteiger partial charge < -0.3 is 10.4 Å². The molecule has 1 heterocycles. The van der Waals surface area contributed by atoms with Crippen LogP contribution in [0.1, 0.15) is 30.5 Å². The second-order valence-corrected chi connectivity index (χ2v) is 5.77. The highest BCUT2D eigenvalue weighted by molar-refractivity contribution is 5.57. The molecule has 0 aromatic heterocycles. The number of aromatic hydroxyl groups is 1. The van der Waals surface area contributed by atoms with Gasteiger partial charge >= 0.3 is 5.69 Å². The Bertz CT molecular complexity index is 660. The maximum absolute atomic E-state index is 11.2. The SMILES string of the molecule is C=C(C)C[C@@H](c1cc(C#N)cc([N+](=O)[O-])c1O)N1CCNCC1. The number of benzene rings is 1. The molecule has 0 radical (unpaired) electrons. The monoisotopic (exact) mass is 316 g/mol. The Kier molecular flexibility index (Phi) is 5.32. The summed E-state index contributed by atoms with van der Waals surface area (Å²) in [6.07, 6.45) is 0.569. The van der Waals surface area contributed by atoms with Crippen LogP contribution in [0.15, 0.2) is 24.3 Å². The van der Waals surface area contributed by atoms with Crippen LogP contribution in [0.5, 0.6) is 5.75 Å². The molecule has 1 saturated heterocycles. The van der Waals surface area contributed by atoms with Crippen LogP contribution in [0.4, 0.5) is 5.69 Å². The first-order chi connectivity index (χ1) is 10.9. The molecular formula is C16H20N4O3. The van der Waals surface area contributed by atoms with Crippen molar-refractivity contribution in [2.75, 3.05) is 26.2 Å². The first kappa shape index (κ1) is 16.9. The van der Waals surface area contributed by atoms with Crippen LogP contribution < -0.4 is 5.32 Å². The number of nitro benzene ring substituents is 1. The van der Waals surface area contributed by atoms with E-state index in [0.717, 1.165) is 37.8 Å². The van der Waals surface area contributed by atoms with Gasteiger partial charge in [-0.3, -0.25) is 15.0 Å². The van der Waals surface area contributed by atoms with Crippen molar-refractivity contribution in [3.63, 3.8) is 0 Å². The van der Waals surface area contributed by atoms with Gasteiger partial charge in [0.25, 0.3) is 0 Å². The first-order valence-corrected chi connectivity index (χ1v) is 7.44. The fraction of sp³-hybridized carbons (Fsp3) is 0.438. The number of phenols is 1. The Morgan fingerprint density at radius 2 is 2.22 bits per heavy atom. The summed E-state index contributed by atoms with van der Waals surface area (Å²) in [5, 5.41) is 33.9. The number of phenolic OH excluding ortho intramolecular Hbond substituents is 1. The lowest BCUT2D eigenvalue weighted by Gasteiger charge is -2.35. The van der Waals surface area contributed by atoms with E-state index in [4.69, 9.17) is 5.26 Å². The molecule has 2 N–H and O–H groups in total. The molecule has 1 aliphatic rings. The molecule has 0 amide bonds. The molecular weight excluding hydrogens is 296 g/mol. The van der Waals surface area contributed by atoms with Crippen molar-refractivity contribution >= 4 is 5.69 Å². The Morgan fingerprint density at radius 1 is 1.57 bits per heavy atom. The quantitative estimate of drug-likeness (QED) is 0.490. The van der Waals surface area contributed by atoms with Crippen molar-refractivity contribution in [1.29, 1.82) is 5.26 Å². The summed E-state index contributed by atoms with van der Waals surface area (Å²) >= 11 is 0. The summed E-state index contributed by atoms with van der Waals surface area (Å²) in [4.78, 5) is 12.7. The highest BCUT2D eigenvalue weighted by Gasteiger charge is 2.29. The first-order valence-electron chi connectivity index (χ1n) is 7.44. The molecule has 0 unspecified atom stereocenters. The molecule has 7 nitrogen and oxygen atoms in total. The van der Waals surface area contributed by atoms with E-state index >= 15 is 0 Å². The third-order valence-corrected chi connectivity index (χ3v) is 3.94. The number of nitriles is 1. The molecule has 1 aromatic carbocycles. The zero-order valence-electron chi connectivity index (χ0n) is 13.1. The summed E-state index contributed by atoms with van der Waals surface area (Å²) in [6.45, 7) is 8.96. The van der Waals surface area contributed by atoms with E-state index in [1.54, 1.807) is 0 Å². The van der Waals surface area contributed by atoms with E-state index in [1.165, 1.54) is 6.07 Å². The zero-order valence-corrected chi connectivity index (χ0v) is 13.1. The smallest absolute Gasteiger partial charge is 0.312 e. The number of piperazine rings is 1. The van der Waals surface area contributed by atoms with E-state index in [1.807, 2.05) is 13.0 Å². The molecule has 1 fully saturated rings. The van der Waals surface area contributed by atoms with E-state index in [-0.39, 0.29) is 17.4 Å². The standard InChI is InChI=1S/C16H20N4O3/c1-11(2)7-14(19-5-3-18-4-6-19)13-8-12(10-17)9-15(16(13)21)20(22)23/h8-9,14,18,21H,1,3-7H2,2H3/t14-/m0/s1. The molecule has 7 heteroatoms. The van der Waals surface area contributed by atoms with Gasteiger partial charge in [0.15, 0.2) is 5.75 Å². The maximum atomic E-state index is 11.2. The lowest BCUT2D eigenvalue weighted by molar-refractivity contribution is -0.386. The number of rotatable bonds is 5. The number of nitrogens with zero attached hydrogens (tertiary/aromatic N) is 3. The van der Waals surface area contributed by atoms with Crippen molar-refractivity contribution < 1.29 is 10.0 Å². The maximum Gasteiger partial charge on any atom is 0.312 e. The third kappa shape index (κ3) is 3.86. The molecule has 23 heavy (non-hydrogen) atoms. The Hall–Kier alpha value is -2.43. The molecule has 0 bridgehead atoms. The fourth-order valence-corrected chi connectivity index (χ4v) is 2.86. The largest absolute Gasteiger partial charge is 0.502 e. The van der Waals surface area contributed by atoms with Gasteiger partial charge in [-0.1, -0.05) is 5.57 Å². The Labute approximate surface area is 135 Å². The average Bonchev–Trinajstić information content (AvgIpc) is 2.53. The van der Waals surface area contributed by atoms with Crippen molar-refractivity contribution in [3.05, 3.63) is 45.5 Å². The molecule has 1 atom stereocenters. The molecule has 1 aromatic rings. The van der Waals surface area contributed by atoms with Crippen LogP contribution in [0, 0.1) is 21.4 Å². The van der Waals surface area contributed by atoms with Crippen LogP contribution in [0.25, 0.3) is 0 Å². The van der Waals surface area contributed by atoms with Crippen molar-refractivity contribution in [2.45, 2.75) is 19.4 Å². The van der Waals surface area contributed by atoms with Gasteiger partial charge in [-0.05, 0) is 19.4 Å². The summed E-state index contributed by atoms with van der Waals surface area (Å²) in [7, 11) is 0. The van der Waals surface area contributed by atoms with E-state index in [0.29, 0.717) is 12.0 Å². The van der Waals surface area contributed by atoms with E-state index < -0.39 is 10.6 Å². The third-order valence-electron chi connectivity index (χ3n) is 3.94. The summed E-state index contributed by atoms with van der Waals surface area (Å²) < 4.78 is 0. The van der Waals surface area contributed by atoms with Crippen LogP contribution in [-0.2, 0) is 0 Å². The number of hydrogen-bond acceptors (Lipinski definition) is 6. The van der Waals surface area contributed by atoms with E-state index in [9.17, 15) is 15.2 Å². The highest BCUT2D eigenvalue weighted by atomic mass is 16.6. The Balaban J connectivity index is 2.52. The molecule has 0 spiro atoms. The normalized spacial score (nSPS) is 16.5. The van der Waals surface area contributed by atoms with Crippen LogP contribution >= 0.6 is 0 Å². The summed E-state index contributed by atoms with van der Waals surface area (Å²) in [6, 6.07) is 4.34. The predicted octanol–water partition coefficient (Wildman–Crippen LogP) is 2.08. The molecule has 0 aliphatic carbocycles. The van der Waals surface area contributed by atoms with Gasteiger partial charge in [-0.25, -0.2) is 0 Å². The minimum absolute atomic E-state index is 0.173. The topological polar surface area (TPSA) is 102 Å². The Morgan fingerprint density at radius 3 is 2.74 bits per heavy atom. The van der Waals surface area contributed by atoms with Crippen LogP contribution in [-0.4, -0.2) is 41.1 Å². The van der Waals surface area contributed by atoms with Gasteiger partial charge in [0.1, 0.15) is 0 Å². The number of hydrogen-bond donors (Lipinski definition) is 2. The van der Waals surface area contributed by atoms with Gasteiger partial charge in [-0.15, -0.1) is 6.58 Å². The van der Waals surface area contributed by atoms with Crippen molar-refractivity contribution in [3.8, 4) is 11.8 Å². The van der Waals surface area contributed by atoms with Crippen molar-refractivity contribution in [1.82, 2.24) is 10.2 Å². The lowest BCUT2D eigenvalue weighted by Crippen LogP contribution is -2.45. The number of nitro groups is 1. The summed E-state index contributed by atoms with van der Waals surface area (Å²) in [5.74, 6) is -0.362. The minimum Gasteiger partial charge on any atom is -0.502 e. The van der Waals surface area contributed by atoms with Gasteiger partial charge in [0.05, 0.1) is 16.6 Å². The fourth-order valence-electron chi connectivity index (χ4n) is 2.86. The second-order valence-electron chi connectivity index (χ2n) is 5.77. The molecule has 0 saturated carbocycles. The van der Waals surface area contributed by atoms with Gasteiger partial charge in [0, 0.05) is 43.9 Å². The second kappa shape index (κ2) is 7.22. The highest BCUT2D eigenvalue weighted by Crippen LogP contribution is 2.39. The average molecular weight is 316 g/mol. The zero-order chi connectivity index (χ0) is 17.0. The molecule has 2 rings (SSSR count). The minimum atomic E-state index is -0.657. The van der Waals surface area contributed by atoms with Gasteiger partial charge in [-0.2, -0.15) is 5.26 Å². The molecule has 1 aliphatic heterocycles. The van der Waals surface area contributed by atoms with Crippen molar-refractivity contribution in [2.24, 2.45) is 0 Å². The van der Waals surface area contributed by atoms with Crippen LogP contribution in [0.2, 0.25) is 0 Å². The lowest BCUT2D eigenvalue weighted by atomic mass is 9.95.